The third kappa shape index (κ3) is 7.24. The van der Waals surface area contributed by atoms with Crippen LogP contribution in [0.5, 0.6) is 0 Å². The van der Waals surface area contributed by atoms with Crippen LogP contribution in [0, 0.1) is 0 Å². The van der Waals surface area contributed by atoms with Crippen LogP contribution in [0.3, 0.4) is 0 Å². The van der Waals surface area contributed by atoms with Gasteiger partial charge in [-0.05, 0) is 6.42 Å². The second-order valence-corrected chi connectivity index (χ2v) is 3.97. The highest BCUT2D eigenvalue weighted by Gasteiger charge is 2.17. The van der Waals surface area contributed by atoms with E-state index < -0.39 is 18.1 Å². The molecule has 0 aliphatic carbocycles. The third-order valence-corrected chi connectivity index (χ3v) is 2.37. The van der Waals surface area contributed by atoms with Crippen LogP contribution in [-0.2, 0) is 9.59 Å². The zero-order valence-corrected chi connectivity index (χ0v) is 11.2. The van der Waals surface area contributed by atoms with E-state index in [0.717, 1.165) is 0 Å². The lowest BCUT2D eigenvalue weighted by Gasteiger charge is -2.21. The normalized spacial score (nSPS) is 11.5. The average molecular weight is 275 g/mol. The van der Waals surface area contributed by atoms with Gasteiger partial charge in [0, 0.05) is 26.6 Å². The molecule has 0 aliphatic heterocycles. The van der Waals surface area contributed by atoms with Crippen LogP contribution in [0.2, 0.25) is 0 Å². The zero-order valence-electron chi connectivity index (χ0n) is 11.2. The summed E-state index contributed by atoms with van der Waals surface area (Å²) in [6.45, 7) is 2.26. The Labute approximate surface area is 111 Å². The molecule has 4 N–H and O–H groups in total. The molecule has 1 atom stereocenters. The molecule has 8 heteroatoms. The number of aliphatic hydroxyl groups is 1. The predicted octanol–water partition coefficient (Wildman–Crippen LogP) is -1.01. The van der Waals surface area contributed by atoms with Crippen LogP contribution in [-0.4, -0.2) is 65.8 Å². The molecule has 0 spiro atoms. The van der Waals surface area contributed by atoms with Crippen LogP contribution >= 0.6 is 0 Å². The lowest BCUT2D eigenvalue weighted by Crippen LogP contribution is -2.46. The first-order valence-electron chi connectivity index (χ1n) is 6.06. The topological polar surface area (TPSA) is 119 Å². The fourth-order valence-corrected chi connectivity index (χ4v) is 1.33. The van der Waals surface area contributed by atoms with Crippen molar-refractivity contribution in [3.8, 4) is 0 Å². The van der Waals surface area contributed by atoms with Crippen LogP contribution in [0.15, 0.2) is 0 Å². The van der Waals surface area contributed by atoms with Crippen molar-refractivity contribution in [2.24, 2.45) is 0 Å². The van der Waals surface area contributed by atoms with Gasteiger partial charge in [-0.2, -0.15) is 0 Å². The first-order valence-corrected chi connectivity index (χ1v) is 6.06. The fourth-order valence-electron chi connectivity index (χ4n) is 1.33. The molecular formula is C11H21N3O5. The quantitative estimate of drug-likeness (QED) is 0.452. The highest BCUT2D eigenvalue weighted by molar-refractivity contribution is 5.83. The van der Waals surface area contributed by atoms with Crippen LogP contribution < -0.4 is 10.6 Å². The smallest absolute Gasteiger partial charge is 0.332 e. The molecule has 0 radical (unpaired) electrons. The Morgan fingerprint density at radius 2 is 1.95 bits per heavy atom. The van der Waals surface area contributed by atoms with Gasteiger partial charge < -0.3 is 25.7 Å². The monoisotopic (exact) mass is 275 g/mol. The molecule has 0 saturated heterocycles. The Morgan fingerprint density at radius 1 is 1.32 bits per heavy atom. The standard InChI is InChI=1S/C11H21N3O5/c1-3-6-14(7-9(16)12-2)11(19)13-5-4-8(15)10(17)18/h8,15H,3-7H2,1-2H3,(H,12,16)(H,13,19)(H,17,18). The molecule has 0 aromatic heterocycles. The number of aliphatic carboxylic acids is 1. The number of amides is 3. The number of nitrogens with zero attached hydrogens (tertiary/aromatic N) is 1. The van der Waals surface area contributed by atoms with Crippen molar-refractivity contribution in [2.75, 3.05) is 26.7 Å². The zero-order chi connectivity index (χ0) is 14.8. The maximum atomic E-state index is 11.7. The molecule has 0 aromatic rings. The van der Waals surface area contributed by atoms with Crippen molar-refractivity contribution < 1.29 is 24.6 Å². The van der Waals surface area contributed by atoms with E-state index in [1.165, 1.54) is 11.9 Å². The summed E-state index contributed by atoms with van der Waals surface area (Å²) >= 11 is 0. The van der Waals surface area contributed by atoms with Crippen molar-refractivity contribution in [1.82, 2.24) is 15.5 Å². The molecule has 0 rings (SSSR count). The molecule has 19 heavy (non-hydrogen) atoms. The summed E-state index contributed by atoms with van der Waals surface area (Å²) in [5, 5.41) is 22.4. The Balaban J connectivity index is 4.17. The van der Waals surface area contributed by atoms with E-state index in [1.807, 2.05) is 6.92 Å². The fraction of sp³-hybridized carbons (Fsp3) is 0.727. The maximum Gasteiger partial charge on any atom is 0.332 e. The molecule has 3 amide bonds. The minimum atomic E-state index is -1.50. The molecular weight excluding hydrogens is 254 g/mol. The molecule has 0 fully saturated rings. The van der Waals surface area contributed by atoms with Crippen molar-refractivity contribution in [3.05, 3.63) is 0 Å². The molecule has 0 bridgehead atoms. The van der Waals surface area contributed by atoms with Crippen LogP contribution in [0.4, 0.5) is 4.79 Å². The van der Waals surface area contributed by atoms with Gasteiger partial charge in [-0.1, -0.05) is 6.92 Å². The van der Waals surface area contributed by atoms with E-state index in [2.05, 4.69) is 10.6 Å². The van der Waals surface area contributed by atoms with Crippen molar-refractivity contribution in [1.29, 1.82) is 0 Å². The number of carbonyl (C=O) groups is 3. The number of carboxylic acid groups (broad SMARTS) is 1. The minimum absolute atomic E-state index is 0.0280. The van der Waals surface area contributed by atoms with Gasteiger partial charge in [0.25, 0.3) is 0 Å². The molecule has 0 aromatic carbocycles. The van der Waals surface area contributed by atoms with Gasteiger partial charge in [0.2, 0.25) is 5.91 Å². The second kappa shape index (κ2) is 9.15. The van der Waals surface area contributed by atoms with Gasteiger partial charge in [0.05, 0.1) is 0 Å². The number of hydrogen-bond acceptors (Lipinski definition) is 4. The Bertz CT molecular complexity index is 321. The maximum absolute atomic E-state index is 11.7. The second-order valence-electron chi connectivity index (χ2n) is 3.97. The summed E-state index contributed by atoms with van der Waals surface area (Å²) in [5.74, 6) is -1.61. The summed E-state index contributed by atoms with van der Waals surface area (Å²) in [5.41, 5.74) is 0. The highest BCUT2D eigenvalue weighted by atomic mass is 16.4. The van der Waals surface area contributed by atoms with E-state index in [4.69, 9.17) is 10.2 Å². The van der Waals surface area contributed by atoms with Gasteiger partial charge in [-0.3, -0.25) is 4.79 Å². The number of aliphatic hydroxyl groups excluding tert-OH is 1. The van der Waals surface area contributed by atoms with Gasteiger partial charge in [-0.25, -0.2) is 9.59 Å². The first-order chi connectivity index (χ1) is 8.92. The van der Waals surface area contributed by atoms with Gasteiger partial charge >= 0.3 is 12.0 Å². The van der Waals surface area contributed by atoms with E-state index in [1.54, 1.807) is 0 Å². The lowest BCUT2D eigenvalue weighted by atomic mass is 10.2. The van der Waals surface area contributed by atoms with E-state index in [0.29, 0.717) is 13.0 Å². The number of rotatable bonds is 8. The van der Waals surface area contributed by atoms with Crippen molar-refractivity contribution in [3.63, 3.8) is 0 Å². The predicted molar refractivity (Wildman–Crippen MR) is 67.6 cm³/mol. The SMILES string of the molecule is CCCN(CC(=O)NC)C(=O)NCCC(O)C(=O)O. The summed E-state index contributed by atoms with van der Waals surface area (Å²) in [6, 6.07) is -0.456. The van der Waals surface area contributed by atoms with E-state index in [-0.39, 0.29) is 25.4 Å². The first kappa shape index (κ1) is 17.2. The van der Waals surface area contributed by atoms with Crippen LogP contribution in [0.1, 0.15) is 19.8 Å². The number of likely N-dealkylation sites (N-methyl/N-ethyl adjacent to an activating group) is 1. The molecule has 1 unspecified atom stereocenters. The van der Waals surface area contributed by atoms with Crippen LogP contribution in [0.25, 0.3) is 0 Å². The number of carbonyl (C=O) groups excluding carboxylic acids is 2. The van der Waals surface area contributed by atoms with Gasteiger partial charge in [-0.15, -0.1) is 0 Å². The molecule has 0 heterocycles. The van der Waals surface area contributed by atoms with E-state index in [9.17, 15) is 14.4 Å². The Morgan fingerprint density at radius 3 is 2.42 bits per heavy atom. The summed E-state index contributed by atoms with van der Waals surface area (Å²) in [4.78, 5) is 34.7. The molecule has 8 nitrogen and oxygen atoms in total. The lowest BCUT2D eigenvalue weighted by molar-refractivity contribution is -0.146. The average Bonchev–Trinajstić information content (AvgIpc) is 2.37. The van der Waals surface area contributed by atoms with Gasteiger partial charge in [0.1, 0.15) is 6.54 Å². The molecule has 110 valence electrons. The number of hydrogen-bond donors (Lipinski definition) is 4. The summed E-state index contributed by atoms with van der Waals surface area (Å²) in [7, 11) is 1.48. The minimum Gasteiger partial charge on any atom is -0.479 e. The van der Waals surface area contributed by atoms with Crippen molar-refractivity contribution in [2.45, 2.75) is 25.9 Å². The molecule has 0 aliphatic rings. The Kier molecular flexibility index (Phi) is 8.27. The molecule has 0 saturated carbocycles. The third-order valence-electron chi connectivity index (χ3n) is 2.37. The summed E-state index contributed by atoms with van der Waals surface area (Å²) < 4.78 is 0. The number of carboxylic acids is 1. The largest absolute Gasteiger partial charge is 0.479 e. The van der Waals surface area contributed by atoms with Gasteiger partial charge in [0.15, 0.2) is 6.10 Å². The summed E-state index contributed by atoms with van der Waals surface area (Å²) in [6.07, 6.45) is -0.887. The highest BCUT2D eigenvalue weighted by Crippen LogP contribution is 1.94. The van der Waals surface area contributed by atoms with Crippen molar-refractivity contribution >= 4 is 17.9 Å². The number of nitrogens with one attached hydrogen (secondary N) is 2. The Hall–Kier alpha value is -1.83. The van der Waals surface area contributed by atoms with E-state index >= 15 is 0 Å². The number of urea groups is 1.